The molecule has 0 spiro atoms. The number of carbonyl (C=O) groups excluding carboxylic acids is 1. The van der Waals surface area contributed by atoms with Crippen LogP contribution in [0.1, 0.15) is 0 Å². The first-order valence-electron chi connectivity index (χ1n) is 9.94. The Labute approximate surface area is 186 Å². The fraction of sp³-hybridized carbons (Fsp3) is 0.0385. The Morgan fingerprint density at radius 1 is 0.531 bits per heavy atom. The van der Waals surface area contributed by atoms with Crippen molar-refractivity contribution < 1.29 is 20.8 Å². The van der Waals surface area contributed by atoms with Gasteiger partial charge in [0.15, 0.2) is 0 Å². The fourth-order valence-electron chi connectivity index (χ4n) is 4.17. The molecule has 0 fully saturated rings. The van der Waals surface area contributed by atoms with Crippen molar-refractivity contribution in [2.24, 2.45) is 0 Å². The van der Waals surface area contributed by atoms with Crippen LogP contribution in [-0.2, 0) is 7.61 Å². The van der Waals surface area contributed by atoms with E-state index in [-0.39, 0.29) is 0 Å². The molecule has 0 bridgehead atoms. The van der Waals surface area contributed by atoms with Crippen molar-refractivity contribution in [2.45, 2.75) is 6.18 Å². The third kappa shape index (κ3) is 3.43. The zero-order valence-electron chi connectivity index (χ0n) is 16.9. The third-order valence-corrected chi connectivity index (χ3v) is 27.5. The van der Waals surface area contributed by atoms with Crippen LogP contribution < -0.4 is 13.1 Å². The van der Waals surface area contributed by atoms with E-state index < -0.39 is 31.4 Å². The second kappa shape index (κ2) is 8.52. The Kier molecular flexibility index (Phi) is 5.91. The summed E-state index contributed by atoms with van der Waals surface area (Å²) in [7, 11) is 0. The SMILES string of the molecule is O=C([O][Bi]([c]1ccccc1)([c]1ccccc1)([c]1ccccc1)[c]1ccccc1)C(F)(F)F. The van der Waals surface area contributed by atoms with Crippen LogP contribution >= 0.6 is 0 Å². The molecular formula is C26H20BiF3O2. The molecule has 0 saturated heterocycles. The standard InChI is InChI=1S/4C6H5.C2HF3O2.Bi/c4*1-2-4-6-5-3-1;3-2(4,5)1(6)7;/h4*1-5H;(H,6,7);/q;;;;;+1/p-1. The topological polar surface area (TPSA) is 26.3 Å². The molecule has 0 aliphatic rings. The van der Waals surface area contributed by atoms with Crippen LogP contribution in [0, 0.1) is 0 Å². The Morgan fingerprint density at radius 2 is 0.781 bits per heavy atom. The van der Waals surface area contributed by atoms with Gasteiger partial charge in [0, 0.05) is 0 Å². The summed E-state index contributed by atoms with van der Waals surface area (Å²) in [5.74, 6) is -2.19. The molecule has 0 saturated carbocycles. The molecule has 0 aliphatic carbocycles. The van der Waals surface area contributed by atoms with Crippen LogP contribution in [0.15, 0.2) is 121 Å². The van der Waals surface area contributed by atoms with Crippen LogP contribution in [0.3, 0.4) is 0 Å². The van der Waals surface area contributed by atoms with Crippen molar-refractivity contribution in [1.29, 1.82) is 0 Å². The Hall–Kier alpha value is -2.98. The van der Waals surface area contributed by atoms with E-state index in [2.05, 4.69) is 0 Å². The molecule has 0 N–H and O–H groups in total. The number of hydrogen-bond donors (Lipinski definition) is 0. The molecule has 4 aromatic rings. The van der Waals surface area contributed by atoms with E-state index in [4.69, 9.17) is 2.81 Å². The number of rotatable bonds is 5. The van der Waals surface area contributed by atoms with Gasteiger partial charge in [-0.25, -0.2) is 0 Å². The second-order valence-electron chi connectivity index (χ2n) is 7.25. The van der Waals surface area contributed by atoms with Gasteiger partial charge in [0.1, 0.15) is 0 Å². The monoisotopic (exact) mass is 630 g/mol. The Morgan fingerprint density at radius 3 is 1.00 bits per heavy atom. The summed E-state index contributed by atoms with van der Waals surface area (Å²) in [6.45, 7) is 0. The predicted octanol–water partition coefficient (Wildman–Crippen LogP) is 3.62. The molecule has 0 heterocycles. The number of halogens is 3. The van der Waals surface area contributed by atoms with Crippen molar-refractivity contribution in [3.63, 3.8) is 0 Å². The van der Waals surface area contributed by atoms with Crippen molar-refractivity contribution in [1.82, 2.24) is 0 Å². The van der Waals surface area contributed by atoms with Crippen LogP contribution in [0.2, 0.25) is 0 Å². The average molecular weight is 630 g/mol. The summed E-state index contributed by atoms with van der Waals surface area (Å²) in [4.78, 5) is 12.7. The second-order valence-corrected chi connectivity index (χ2v) is 24.0. The average Bonchev–Trinajstić information content (AvgIpc) is 2.84. The van der Waals surface area contributed by atoms with Crippen molar-refractivity contribution in [3.8, 4) is 0 Å². The molecular weight excluding hydrogens is 610 g/mol. The molecule has 162 valence electrons. The molecule has 6 heteroatoms. The molecule has 0 amide bonds. The molecule has 0 unspecified atom stereocenters. The summed E-state index contributed by atoms with van der Waals surface area (Å²) in [6.07, 6.45) is -5.15. The normalized spacial score (nSPS) is 13.0. The van der Waals surface area contributed by atoms with Gasteiger partial charge >= 0.3 is 187 Å². The van der Waals surface area contributed by atoms with Gasteiger partial charge in [0.05, 0.1) is 0 Å². The van der Waals surface area contributed by atoms with Crippen molar-refractivity contribution >= 4 is 38.3 Å². The number of carbonyl (C=O) groups is 1. The summed E-state index contributed by atoms with van der Waals surface area (Å²) in [6, 6.07) is 35.4. The van der Waals surface area contributed by atoms with Gasteiger partial charge in [-0.15, -0.1) is 0 Å². The molecule has 0 aromatic heterocycles. The van der Waals surface area contributed by atoms with Crippen molar-refractivity contribution in [2.75, 3.05) is 0 Å². The number of hydrogen-bond acceptors (Lipinski definition) is 2. The van der Waals surface area contributed by atoms with Crippen LogP contribution in [0.25, 0.3) is 0 Å². The van der Waals surface area contributed by atoms with E-state index in [0.29, 0.717) is 13.1 Å². The molecule has 4 rings (SSSR count). The number of alkyl halides is 3. The van der Waals surface area contributed by atoms with Crippen molar-refractivity contribution in [3.05, 3.63) is 121 Å². The van der Waals surface area contributed by atoms with Gasteiger partial charge in [0.2, 0.25) is 0 Å². The van der Waals surface area contributed by atoms with E-state index in [1.54, 1.807) is 121 Å². The fourth-order valence-corrected chi connectivity index (χ4v) is 26.0. The summed E-state index contributed by atoms with van der Waals surface area (Å²) in [5.41, 5.74) is 0. The van der Waals surface area contributed by atoms with E-state index >= 15 is 0 Å². The zero-order chi connectivity index (χ0) is 22.7. The molecule has 2 nitrogen and oxygen atoms in total. The first-order valence-corrected chi connectivity index (χ1v) is 18.3. The summed E-state index contributed by atoms with van der Waals surface area (Å²) < 4.78 is 49.6. The van der Waals surface area contributed by atoms with E-state index in [0.717, 1.165) is 0 Å². The van der Waals surface area contributed by atoms with E-state index in [1.807, 2.05) is 0 Å². The minimum atomic E-state index is -6.01. The van der Waals surface area contributed by atoms with Crippen LogP contribution in [-0.4, -0.2) is 31.4 Å². The Bertz CT molecular complexity index is 1030. The van der Waals surface area contributed by atoms with Gasteiger partial charge in [-0.3, -0.25) is 0 Å². The Balaban J connectivity index is 2.28. The molecule has 0 radical (unpaired) electrons. The maximum atomic E-state index is 13.8. The van der Waals surface area contributed by atoms with Crippen LogP contribution in [0.5, 0.6) is 0 Å². The van der Waals surface area contributed by atoms with E-state index in [1.165, 1.54) is 0 Å². The zero-order valence-corrected chi connectivity index (χ0v) is 20.4. The quantitative estimate of drug-likeness (QED) is 0.315. The van der Waals surface area contributed by atoms with Gasteiger partial charge in [0.25, 0.3) is 0 Å². The van der Waals surface area contributed by atoms with Crippen LogP contribution in [0.4, 0.5) is 13.2 Å². The minimum absolute atomic E-state index is 0.583. The molecule has 4 aromatic carbocycles. The first-order chi connectivity index (χ1) is 15.4. The number of benzene rings is 4. The summed E-state index contributed by atoms with van der Waals surface area (Å²) >= 11 is -6.01. The van der Waals surface area contributed by atoms with Gasteiger partial charge in [-0.05, 0) is 0 Å². The molecule has 0 aliphatic heterocycles. The maximum absolute atomic E-state index is 13.8. The molecule has 32 heavy (non-hydrogen) atoms. The van der Waals surface area contributed by atoms with Gasteiger partial charge in [-0.2, -0.15) is 0 Å². The predicted molar refractivity (Wildman–Crippen MR) is 122 cm³/mol. The molecule has 0 atom stereocenters. The first kappa shape index (κ1) is 22.2. The third-order valence-electron chi connectivity index (χ3n) is 5.49. The summed E-state index contributed by atoms with van der Waals surface area (Å²) in [5, 5.41) is 0. The van der Waals surface area contributed by atoms with E-state index in [9.17, 15) is 18.0 Å². The van der Waals surface area contributed by atoms with Gasteiger partial charge in [-0.1, -0.05) is 0 Å². The van der Waals surface area contributed by atoms with Gasteiger partial charge < -0.3 is 0 Å².